The van der Waals surface area contributed by atoms with E-state index >= 15 is 0 Å². The van der Waals surface area contributed by atoms with Gasteiger partial charge in [0.1, 0.15) is 23.0 Å². The summed E-state index contributed by atoms with van der Waals surface area (Å²) in [6, 6.07) is 115. The average molecular weight is 1070 g/mol. The molecule has 3 heteroatoms. The fourth-order valence-corrected chi connectivity index (χ4v) is 15.9. The molecule has 18 rings (SSSR count). The zero-order valence-electron chi connectivity index (χ0n) is 45.7. The van der Waals surface area contributed by atoms with Crippen LogP contribution in [0, 0.1) is 0 Å². The molecule has 0 N–H and O–H groups in total. The van der Waals surface area contributed by atoms with Gasteiger partial charge in [-0.3, -0.25) is 0 Å². The molecule has 2 spiro atoms. The van der Waals surface area contributed by atoms with E-state index in [0.29, 0.717) is 0 Å². The number of nitrogens with zero attached hydrogens (tertiary/aromatic N) is 1. The van der Waals surface area contributed by atoms with E-state index in [9.17, 15) is 0 Å². The van der Waals surface area contributed by atoms with Crippen LogP contribution in [0.5, 0.6) is 23.0 Å². The first-order chi connectivity index (χ1) is 41.7. The van der Waals surface area contributed by atoms with Gasteiger partial charge in [0.25, 0.3) is 0 Å². The van der Waals surface area contributed by atoms with Crippen LogP contribution in [0.25, 0.3) is 44.5 Å². The van der Waals surface area contributed by atoms with Gasteiger partial charge in [-0.25, -0.2) is 0 Å². The van der Waals surface area contributed by atoms with E-state index in [4.69, 9.17) is 9.47 Å². The molecule has 0 amide bonds. The Hall–Kier alpha value is -10.7. The van der Waals surface area contributed by atoms with Crippen molar-refractivity contribution in [2.75, 3.05) is 4.90 Å². The molecule has 13 aromatic rings. The van der Waals surface area contributed by atoms with Crippen LogP contribution in [0.1, 0.15) is 66.8 Å². The zero-order chi connectivity index (χ0) is 55.1. The molecule has 3 nitrogen and oxygen atoms in total. The Labute approximate surface area is 488 Å². The van der Waals surface area contributed by atoms with E-state index in [0.717, 1.165) is 73.4 Å². The van der Waals surface area contributed by atoms with E-state index in [-0.39, 0.29) is 0 Å². The Bertz CT molecular complexity index is 4750. The standard InChI is InChI=1S/C81H51NO2/c1-3-24-54(25-4-1)79(55-26-5-2-6-27-55)63-32-10-7-29-58(63)60-47-46-57(51-72(60)79)82(73-40-22-39-71-78(73)61-31-9-12-34-65(61)81(71)69-37-15-19-43-76(69)84-77-44-20-16-38-70(77)81)56-28-21-23-52(49-56)53-45-48-66-62(50-53)59-30-8-11-33-64(59)80(66)67-35-13-17-41-74(67)83-75-42-18-14-36-68(75)80/h1-51H. The lowest BCUT2D eigenvalue weighted by Gasteiger charge is -2.39. The molecular formula is C81H51NO2. The summed E-state index contributed by atoms with van der Waals surface area (Å²) < 4.78 is 13.5. The van der Waals surface area contributed by atoms with Crippen molar-refractivity contribution in [3.63, 3.8) is 0 Å². The fraction of sp³-hybridized carbons (Fsp3) is 0.0370. The average Bonchev–Trinajstić information content (AvgIpc) is 1.88. The molecule has 0 saturated heterocycles. The monoisotopic (exact) mass is 1070 g/mol. The van der Waals surface area contributed by atoms with Gasteiger partial charge in [-0.1, -0.05) is 249 Å². The van der Waals surface area contributed by atoms with E-state index in [1.165, 1.54) is 77.9 Å². The number of ether oxygens (including phenoxy) is 2. The molecular weight excluding hydrogens is 1020 g/mol. The third-order valence-corrected chi connectivity index (χ3v) is 19.1. The quantitative estimate of drug-likeness (QED) is 0.166. The Morgan fingerprint density at radius 1 is 0.226 bits per heavy atom. The molecule has 0 fully saturated rings. The lowest BCUT2D eigenvalue weighted by molar-refractivity contribution is 0.436. The SMILES string of the molecule is c1ccc(C2(c3ccccc3)c3ccccc3-c3ccc(N(c4cccc(-c5ccc6c(c5)-c5ccccc5C65c6ccccc6Oc6ccccc65)c4)c4cccc5c4-c4ccccc4C54c5ccccc5Oc5ccccc54)cc32)cc1. The van der Waals surface area contributed by atoms with Crippen molar-refractivity contribution in [3.8, 4) is 67.5 Å². The van der Waals surface area contributed by atoms with Gasteiger partial charge >= 0.3 is 0 Å². The van der Waals surface area contributed by atoms with Crippen LogP contribution in [0.3, 0.4) is 0 Å². The fourth-order valence-electron chi connectivity index (χ4n) is 15.9. The van der Waals surface area contributed by atoms with Crippen LogP contribution >= 0.6 is 0 Å². The van der Waals surface area contributed by atoms with Gasteiger partial charge in [0.05, 0.1) is 21.9 Å². The molecule has 0 unspecified atom stereocenters. The van der Waals surface area contributed by atoms with Crippen LogP contribution in [0.15, 0.2) is 309 Å². The van der Waals surface area contributed by atoms with Crippen LogP contribution in [0.2, 0.25) is 0 Å². The minimum atomic E-state index is -0.653. The summed E-state index contributed by atoms with van der Waals surface area (Å²) in [6.45, 7) is 0. The van der Waals surface area contributed by atoms with E-state index in [1.807, 2.05) is 0 Å². The number of anilines is 3. The number of hydrogen-bond donors (Lipinski definition) is 0. The predicted octanol–water partition coefficient (Wildman–Crippen LogP) is 20.1. The predicted molar refractivity (Wildman–Crippen MR) is 339 cm³/mol. The maximum absolute atomic E-state index is 6.82. The second-order valence-electron chi connectivity index (χ2n) is 22.9. The van der Waals surface area contributed by atoms with Crippen molar-refractivity contribution in [2.45, 2.75) is 16.2 Å². The molecule has 0 atom stereocenters. The summed E-state index contributed by atoms with van der Waals surface area (Å²) in [7, 11) is 0. The van der Waals surface area contributed by atoms with Gasteiger partial charge in [-0.05, 0) is 144 Å². The summed E-state index contributed by atoms with van der Waals surface area (Å²) >= 11 is 0. The molecule has 0 bridgehead atoms. The molecule has 0 aromatic heterocycles. The summed E-state index contributed by atoms with van der Waals surface area (Å²) in [5.41, 5.74) is 25.6. The maximum atomic E-state index is 6.82. The number of hydrogen-bond acceptors (Lipinski definition) is 3. The molecule has 2 heterocycles. The van der Waals surface area contributed by atoms with E-state index in [2.05, 4.69) is 314 Å². The van der Waals surface area contributed by atoms with Crippen molar-refractivity contribution < 1.29 is 9.47 Å². The normalized spacial score (nSPS) is 14.7. The summed E-state index contributed by atoms with van der Waals surface area (Å²) in [6.07, 6.45) is 0. The zero-order valence-corrected chi connectivity index (χ0v) is 45.7. The summed E-state index contributed by atoms with van der Waals surface area (Å²) in [4.78, 5) is 2.55. The van der Waals surface area contributed by atoms with Gasteiger partial charge < -0.3 is 14.4 Å². The second kappa shape index (κ2) is 17.6. The van der Waals surface area contributed by atoms with Crippen molar-refractivity contribution >= 4 is 17.1 Å². The first kappa shape index (κ1) is 47.0. The van der Waals surface area contributed by atoms with Crippen LogP contribution in [0.4, 0.5) is 17.1 Å². The summed E-state index contributed by atoms with van der Waals surface area (Å²) in [5, 5.41) is 0. The topological polar surface area (TPSA) is 21.7 Å². The van der Waals surface area contributed by atoms with Crippen LogP contribution in [-0.4, -0.2) is 0 Å². The number of benzene rings is 13. The Kier molecular flexibility index (Phi) is 9.86. The summed E-state index contributed by atoms with van der Waals surface area (Å²) in [5.74, 6) is 3.53. The molecule has 0 radical (unpaired) electrons. The molecule has 13 aromatic carbocycles. The molecule has 0 saturated carbocycles. The van der Waals surface area contributed by atoms with Crippen molar-refractivity contribution in [1.29, 1.82) is 0 Å². The van der Waals surface area contributed by atoms with Gasteiger partial charge in [-0.2, -0.15) is 0 Å². The largest absolute Gasteiger partial charge is 0.457 e. The van der Waals surface area contributed by atoms with Crippen molar-refractivity contribution in [3.05, 3.63) is 376 Å². The molecule has 392 valence electrons. The highest BCUT2D eigenvalue weighted by molar-refractivity contribution is 6.00. The number of fused-ring (bicyclic) bond motifs is 21. The van der Waals surface area contributed by atoms with Gasteiger partial charge in [-0.15, -0.1) is 0 Å². The second-order valence-corrected chi connectivity index (χ2v) is 22.9. The van der Waals surface area contributed by atoms with Crippen LogP contribution in [-0.2, 0) is 16.2 Å². The van der Waals surface area contributed by atoms with Gasteiger partial charge in [0.15, 0.2) is 0 Å². The van der Waals surface area contributed by atoms with Crippen LogP contribution < -0.4 is 14.4 Å². The Morgan fingerprint density at radius 2 is 0.631 bits per heavy atom. The maximum Gasteiger partial charge on any atom is 0.132 e. The first-order valence-corrected chi connectivity index (χ1v) is 29.1. The third kappa shape index (κ3) is 6.09. The van der Waals surface area contributed by atoms with E-state index in [1.54, 1.807) is 0 Å². The highest BCUT2D eigenvalue weighted by Crippen LogP contribution is 2.66. The molecule has 3 aliphatic carbocycles. The highest BCUT2D eigenvalue weighted by atomic mass is 16.5. The number of rotatable bonds is 6. The van der Waals surface area contributed by atoms with Gasteiger partial charge in [0.2, 0.25) is 0 Å². The third-order valence-electron chi connectivity index (χ3n) is 19.1. The van der Waals surface area contributed by atoms with Crippen molar-refractivity contribution in [1.82, 2.24) is 0 Å². The molecule has 84 heavy (non-hydrogen) atoms. The lowest BCUT2D eigenvalue weighted by atomic mass is 9.66. The van der Waals surface area contributed by atoms with Crippen molar-refractivity contribution in [2.24, 2.45) is 0 Å². The Balaban J connectivity index is 0.891. The molecule has 2 aliphatic heterocycles. The highest BCUT2D eigenvalue weighted by Gasteiger charge is 2.54. The van der Waals surface area contributed by atoms with E-state index < -0.39 is 16.2 Å². The Morgan fingerprint density at radius 3 is 1.21 bits per heavy atom. The minimum absolute atomic E-state index is 0.552. The smallest absolute Gasteiger partial charge is 0.132 e. The lowest BCUT2D eigenvalue weighted by Crippen LogP contribution is -2.32. The number of para-hydroxylation sites is 4. The first-order valence-electron chi connectivity index (χ1n) is 29.1. The molecule has 5 aliphatic rings. The minimum Gasteiger partial charge on any atom is -0.457 e. The van der Waals surface area contributed by atoms with Gasteiger partial charge in [0, 0.05) is 39.2 Å².